The van der Waals surface area contributed by atoms with E-state index < -0.39 is 0 Å². The molecule has 1 aromatic carbocycles. The van der Waals surface area contributed by atoms with E-state index in [9.17, 15) is 4.79 Å². The van der Waals surface area contributed by atoms with Gasteiger partial charge in [-0.1, -0.05) is 28.1 Å². The Hall–Kier alpha value is -0.670. The maximum atomic E-state index is 11.3. The standard InChI is InChI=1S/C13H16BrNO/c14-12-3-1-10(2-4-12)13(9-16)11-5-7-15-8-6-11/h1-4,9,11,13,15H,5-8H2. The normalized spacial score (nSPS) is 19.3. The van der Waals surface area contributed by atoms with E-state index in [-0.39, 0.29) is 5.92 Å². The van der Waals surface area contributed by atoms with Crippen LogP contribution in [0.1, 0.15) is 24.3 Å². The molecule has 0 bridgehead atoms. The van der Waals surface area contributed by atoms with Crippen LogP contribution in [0.3, 0.4) is 0 Å². The fourth-order valence-corrected chi connectivity index (χ4v) is 2.61. The maximum absolute atomic E-state index is 11.3. The van der Waals surface area contributed by atoms with Crippen molar-refractivity contribution >= 4 is 22.2 Å². The highest BCUT2D eigenvalue weighted by Crippen LogP contribution is 2.29. The Morgan fingerprint density at radius 3 is 2.44 bits per heavy atom. The van der Waals surface area contributed by atoms with Gasteiger partial charge in [-0.05, 0) is 49.5 Å². The number of aldehydes is 1. The van der Waals surface area contributed by atoms with Crippen LogP contribution in [0.25, 0.3) is 0 Å². The topological polar surface area (TPSA) is 29.1 Å². The van der Waals surface area contributed by atoms with Gasteiger partial charge < -0.3 is 10.1 Å². The first-order valence-electron chi connectivity index (χ1n) is 5.72. The van der Waals surface area contributed by atoms with E-state index in [1.54, 1.807) is 0 Å². The Labute approximate surface area is 105 Å². The number of rotatable bonds is 3. The highest BCUT2D eigenvalue weighted by molar-refractivity contribution is 9.10. The first-order chi connectivity index (χ1) is 7.81. The van der Waals surface area contributed by atoms with Gasteiger partial charge in [-0.15, -0.1) is 0 Å². The second-order valence-electron chi connectivity index (χ2n) is 4.30. The molecule has 1 heterocycles. The molecule has 1 aliphatic rings. The second kappa shape index (κ2) is 5.60. The Kier molecular flexibility index (Phi) is 4.13. The first-order valence-corrected chi connectivity index (χ1v) is 6.52. The van der Waals surface area contributed by atoms with Crippen LogP contribution < -0.4 is 5.32 Å². The summed E-state index contributed by atoms with van der Waals surface area (Å²) < 4.78 is 1.06. The molecule has 0 aliphatic carbocycles. The van der Waals surface area contributed by atoms with Crippen molar-refractivity contribution in [3.8, 4) is 0 Å². The zero-order valence-electron chi connectivity index (χ0n) is 9.16. The predicted molar refractivity (Wildman–Crippen MR) is 68.5 cm³/mol. The highest BCUT2D eigenvalue weighted by Gasteiger charge is 2.24. The van der Waals surface area contributed by atoms with Crippen molar-refractivity contribution in [3.63, 3.8) is 0 Å². The molecule has 1 N–H and O–H groups in total. The molecule has 0 amide bonds. The Bertz CT molecular complexity index is 343. The van der Waals surface area contributed by atoms with Crippen LogP contribution in [0.2, 0.25) is 0 Å². The lowest BCUT2D eigenvalue weighted by Gasteiger charge is -2.27. The quantitative estimate of drug-likeness (QED) is 0.864. The second-order valence-corrected chi connectivity index (χ2v) is 5.22. The van der Waals surface area contributed by atoms with Gasteiger partial charge in [-0.25, -0.2) is 0 Å². The molecule has 1 aliphatic heterocycles. The van der Waals surface area contributed by atoms with Crippen molar-refractivity contribution in [1.82, 2.24) is 5.32 Å². The van der Waals surface area contributed by atoms with E-state index in [0.717, 1.165) is 42.3 Å². The first kappa shape index (κ1) is 11.8. The fraction of sp³-hybridized carbons (Fsp3) is 0.462. The van der Waals surface area contributed by atoms with Crippen LogP contribution in [0.15, 0.2) is 28.7 Å². The number of benzene rings is 1. The molecule has 3 heteroatoms. The SMILES string of the molecule is O=CC(c1ccc(Br)cc1)C1CCNCC1. The van der Waals surface area contributed by atoms with E-state index in [4.69, 9.17) is 0 Å². The number of hydrogen-bond acceptors (Lipinski definition) is 2. The Balaban J connectivity index is 2.14. The summed E-state index contributed by atoms with van der Waals surface area (Å²) >= 11 is 3.41. The molecule has 0 radical (unpaired) electrons. The zero-order chi connectivity index (χ0) is 11.4. The van der Waals surface area contributed by atoms with E-state index in [1.807, 2.05) is 24.3 Å². The maximum Gasteiger partial charge on any atom is 0.127 e. The molecule has 0 aromatic heterocycles. The van der Waals surface area contributed by atoms with Crippen molar-refractivity contribution < 1.29 is 4.79 Å². The van der Waals surface area contributed by atoms with Crippen molar-refractivity contribution in [2.24, 2.45) is 5.92 Å². The third kappa shape index (κ3) is 2.71. The van der Waals surface area contributed by atoms with Crippen LogP contribution in [-0.2, 0) is 4.79 Å². The van der Waals surface area contributed by atoms with Gasteiger partial charge in [-0.3, -0.25) is 0 Å². The molecule has 2 nitrogen and oxygen atoms in total. The predicted octanol–water partition coefficient (Wildman–Crippen LogP) is 2.73. The van der Waals surface area contributed by atoms with Gasteiger partial charge in [-0.2, -0.15) is 0 Å². The third-order valence-corrected chi connectivity index (χ3v) is 3.82. The van der Waals surface area contributed by atoms with Gasteiger partial charge in [0.25, 0.3) is 0 Å². The fourth-order valence-electron chi connectivity index (χ4n) is 2.35. The molecule has 1 saturated heterocycles. The van der Waals surface area contributed by atoms with Crippen LogP contribution in [0.5, 0.6) is 0 Å². The summed E-state index contributed by atoms with van der Waals surface area (Å²) in [6.45, 7) is 2.07. The molecule has 0 spiro atoms. The summed E-state index contributed by atoms with van der Waals surface area (Å²) in [6.07, 6.45) is 3.30. The van der Waals surface area contributed by atoms with E-state index >= 15 is 0 Å². The molecular formula is C13H16BrNO. The van der Waals surface area contributed by atoms with Crippen molar-refractivity contribution in [1.29, 1.82) is 0 Å². The Morgan fingerprint density at radius 2 is 1.88 bits per heavy atom. The third-order valence-electron chi connectivity index (χ3n) is 3.29. The van der Waals surface area contributed by atoms with Gasteiger partial charge in [0.15, 0.2) is 0 Å². The number of halogens is 1. The summed E-state index contributed by atoms with van der Waals surface area (Å²) in [5.41, 5.74) is 1.14. The molecule has 1 fully saturated rings. The number of piperidine rings is 1. The van der Waals surface area contributed by atoms with Gasteiger partial charge in [0, 0.05) is 10.4 Å². The van der Waals surface area contributed by atoms with E-state index in [1.165, 1.54) is 0 Å². The lowest BCUT2D eigenvalue weighted by Crippen LogP contribution is -2.31. The highest BCUT2D eigenvalue weighted by atomic mass is 79.9. The minimum atomic E-state index is 0.0650. The summed E-state index contributed by atoms with van der Waals surface area (Å²) in [4.78, 5) is 11.3. The van der Waals surface area contributed by atoms with Crippen molar-refractivity contribution in [2.45, 2.75) is 18.8 Å². The monoisotopic (exact) mass is 281 g/mol. The molecule has 86 valence electrons. The van der Waals surface area contributed by atoms with Crippen LogP contribution >= 0.6 is 15.9 Å². The van der Waals surface area contributed by atoms with Crippen molar-refractivity contribution in [3.05, 3.63) is 34.3 Å². The van der Waals surface area contributed by atoms with Crippen molar-refractivity contribution in [2.75, 3.05) is 13.1 Å². The molecule has 1 atom stereocenters. The summed E-state index contributed by atoms with van der Waals surface area (Å²) in [7, 11) is 0. The van der Waals surface area contributed by atoms with Crippen LogP contribution in [0, 0.1) is 5.92 Å². The zero-order valence-corrected chi connectivity index (χ0v) is 10.7. The van der Waals surface area contributed by atoms with Crippen LogP contribution in [-0.4, -0.2) is 19.4 Å². The van der Waals surface area contributed by atoms with E-state index in [0.29, 0.717) is 5.92 Å². The minimum Gasteiger partial charge on any atom is -0.317 e. The molecule has 1 unspecified atom stereocenters. The largest absolute Gasteiger partial charge is 0.317 e. The van der Waals surface area contributed by atoms with Gasteiger partial charge in [0.05, 0.1) is 0 Å². The number of carbonyl (C=O) groups excluding carboxylic acids is 1. The molecule has 16 heavy (non-hydrogen) atoms. The van der Waals surface area contributed by atoms with Gasteiger partial charge in [0.1, 0.15) is 6.29 Å². The summed E-state index contributed by atoms with van der Waals surface area (Å²) in [5.74, 6) is 0.565. The average molecular weight is 282 g/mol. The van der Waals surface area contributed by atoms with Gasteiger partial charge in [0.2, 0.25) is 0 Å². The number of nitrogens with one attached hydrogen (secondary N) is 1. The minimum absolute atomic E-state index is 0.0650. The van der Waals surface area contributed by atoms with Gasteiger partial charge >= 0.3 is 0 Å². The van der Waals surface area contributed by atoms with Crippen LogP contribution in [0.4, 0.5) is 0 Å². The smallest absolute Gasteiger partial charge is 0.127 e. The summed E-state index contributed by atoms with van der Waals surface area (Å²) in [5, 5.41) is 3.33. The molecule has 2 rings (SSSR count). The molecule has 0 saturated carbocycles. The number of carbonyl (C=O) groups is 1. The lowest BCUT2D eigenvalue weighted by molar-refractivity contribution is -0.110. The molecule has 1 aromatic rings. The molecular weight excluding hydrogens is 266 g/mol. The average Bonchev–Trinajstić information content (AvgIpc) is 2.34. The lowest BCUT2D eigenvalue weighted by atomic mass is 9.81. The Morgan fingerprint density at radius 1 is 1.25 bits per heavy atom. The summed E-state index contributed by atoms with van der Waals surface area (Å²) in [6, 6.07) is 8.11. The van der Waals surface area contributed by atoms with E-state index in [2.05, 4.69) is 21.2 Å². The number of hydrogen-bond donors (Lipinski definition) is 1.